The maximum absolute atomic E-state index is 13.2. The topological polar surface area (TPSA) is 105 Å². The van der Waals surface area contributed by atoms with Gasteiger partial charge < -0.3 is 29.0 Å². The van der Waals surface area contributed by atoms with E-state index in [1.54, 1.807) is 30.6 Å². The van der Waals surface area contributed by atoms with Crippen molar-refractivity contribution in [2.75, 3.05) is 37.8 Å². The molecule has 3 unspecified atom stereocenters. The molecular formula is C26H25F2N5O4. The Bertz CT molecular complexity index is 1410. The van der Waals surface area contributed by atoms with E-state index in [-0.39, 0.29) is 12.4 Å². The van der Waals surface area contributed by atoms with E-state index < -0.39 is 24.6 Å². The maximum atomic E-state index is 13.2. The van der Waals surface area contributed by atoms with E-state index >= 15 is 0 Å². The van der Waals surface area contributed by atoms with Crippen LogP contribution in [0.5, 0.6) is 5.75 Å². The lowest BCUT2D eigenvalue weighted by atomic mass is 9.86. The van der Waals surface area contributed by atoms with E-state index in [4.69, 9.17) is 9.47 Å². The van der Waals surface area contributed by atoms with Crippen LogP contribution in [0.15, 0.2) is 55.0 Å². The summed E-state index contributed by atoms with van der Waals surface area (Å²) >= 11 is 0. The highest BCUT2D eigenvalue weighted by Gasteiger charge is 2.45. The number of fused-ring (bicyclic) bond motifs is 3. The van der Waals surface area contributed by atoms with Crippen molar-refractivity contribution in [3.05, 3.63) is 71.9 Å². The Hall–Kier alpha value is -3.67. The SMILES string of the molecule is OCC1C(O)c2nc3ccc(-c4cnc(N5CCOCC5)nc4)cn3c2C1c1ccccc1OC(F)F. The number of para-hydroxylation sites is 1. The van der Waals surface area contributed by atoms with Gasteiger partial charge in [0, 0.05) is 66.8 Å². The van der Waals surface area contributed by atoms with Crippen molar-refractivity contribution in [1.82, 2.24) is 19.4 Å². The van der Waals surface area contributed by atoms with Crippen molar-refractivity contribution in [3.63, 3.8) is 0 Å². The van der Waals surface area contributed by atoms with Gasteiger partial charge in [-0.2, -0.15) is 8.78 Å². The van der Waals surface area contributed by atoms with Crippen molar-refractivity contribution >= 4 is 11.6 Å². The summed E-state index contributed by atoms with van der Waals surface area (Å²) in [6.07, 6.45) is 4.31. The molecule has 2 aliphatic rings. The molecule has 2 N–H and O–H groups in total. The largest absolute Gasteiger partial charge is 0.435 e. The van der Waals surface area contributed by atoms with Crippen LogP contribution in [0.4, 0.5) is 14.7 Å². The van der Waals surface area contributed by atoms with Gasteiger partial charge in [0.05, 0.1) is 24.6 Å². The highest BCUT2D eigenvalue weighted by atomic mass is 19.3. The number of rotatable bonds is 6. The van der Waals surface area contributed by atoms with E-state index in [1.165, 1.54) is 6.07 Å². The molecule has 192 valence electrons. The fraction of sp³-hybridized carbons (Fsp3) is 0.346. The zero-order valence-electron chi connectivity index (χ0n) is 19.7. The Labute approximate surface area is 211 Å². The van der Waals surface area contributed by atoms with Crippen molar-refractivity contribution in [3.8, 4) is 16.9 Å². The fourth-order valence-electron chi connectivity index (χ4n) is 5.29. The van der Waals surface area contributed by atoms with Gasteiger partial charge in [0.1, 0.15) is 17.5 Å². The first kappa shape index (κ1) is 23.7. The van der Waals surface area contributed by atoms with Crippen LogP contribution in [0.25, 0.3) is 16.8 Å². The summed E-state index contributed by atoms with van der Waals surface area (Å²) in [7, 11) is 0. The van der Waals surface area contributed by atoms with Crippen LogP contribution in [0.1, 0.15) is 29.0 Å². The van der Waals surface area contributed by atoms with E-state index in [0.29, 0.717) is 41.8 Å². The minimum Gasteiger partial charge on any atom is -0.435 e. The third-order valence-corrected chi connectivity index (χ3v) is 7.04. The summed E-state index contributed by atoms with van der Waals surface area (Å²) in [5, 5.41) is 21.2. The third kappa shape index (κ3) is 4.18. The second-order valence-corrected chi connectivity index (χ2v) is 9.08. The summed E-state index contributed by atoms with van der Waals surface area (Å²) in [5.74, 6) is -0.646. The van der Waals surface area contributed by atoms with Crippen LogP contribution in [0.3, 0.4) is 0 Å². The number of benzene rings is 1. The molecule has 1 fully saturated rings. The summed E-state index contributed by atoms with van der Waals surface area (Å²) < 4.78 is 38.3. The number of anilines is 1. The van der Waals surface area contributed by atoms with Gasteiger partial charge in [-0.1, -0.05) is 18.2 Å². The molecule has 1 aliphatic heterocycles. The number of imidazole rings is 1. The molecule has 3 aromatic heterocycles. The molecule has 0 saturated carbocycles. The molecule has 1 aliphatic carbocycles. The van der Waals surface area contributed by atoms with E-state index in [0.717, 1.165) is 24.2 Å². The first-order valence-corrected chi connectivity index (χ1v) is 12.0. The number of halogens is 2. The van der Waals surface area contributed by atoms with Crippen LogP contribution in [0.2, 0.25) is 0 Å². The van der Waals surface area contributed by atoms with Crippen molar-refractivity contribution in [2.45, 2.75) is 18.6 Å². The fourth-order valence-corrected chi connectivity index (χ4v) is 5.29. The Morgan fingerprint density at radius 3 is 2.54 bits per heavy atom. The molecular weight excluding hydrogens is 484 g/mol. The Morgan fingerprint density at radius 1 is 1.05 bits per heavy atom. The lowest BCUT2D eigenvalue weighted by molar-refractivity contribution is -0.0508. The first-order chi connectivity index (χ1) is 18.0. The number of nitrogens with zero attached hydrogens (tertiary/aromatic N) is 5. The molecule has 0 spiro atoms. The van der Waals surface area contributed by atoms with Crippen LogP contribution in [-0.2, 0) is 4.74 Å². The number of aliphatic hydroxyl groups excluding tert-OH is 2. The highest BCUT2D eigenvalue weighted by Crippen LogP contribution is 2.50. The molecule has 3 atom stereocenters. The van der Waals surface area contributed by atoms with Crippen LogP contribution in [0, 0.1) is 5.92 Å². The van der Waals surface area contributed by atoms with Crippen LogP contribution in [-0.4, -0.2) is 69.1 Å². The summed E-state index contributed by atoms with van der Waals surface area (Å²) in [4.78, 5) is 15.7. The summed E-state index contributed by atoms with van der Waals surface area (Å²) in [6.45, 7) is -0.614. The van der Waals surface area contributed by atoms with Crippen LogP contribution >= 0.6 is 0 Å². The number of ether oxygens (including phenoxy) is 2. The van der Waals surface area contributed by atoms with Crippen molar-refractivity contribution in [1.29, 1.82) is 0 Å². The monoisotopic (exact) mass is 509 g/mol. The Kier molecular flexibility index (Phi) is 6.19. The quantitative estimate of drug-likeness (QED) is 0.409. The standard InChI is InChI=1S/C26H25F2N5O4/c27-25(28)37-19-4-2-1-3-17(19)21-18(14-34)24(35)22-23(21)33-13-15(5-6-20(33)31-22)16-11-29-26(30-12-16)32-7-9-36-10-8-32/h1-6,11-13,18,21,24-25,34-35H,7-10,14H2. The number of morpholine rings is 1. The lowest BCUT2D eigenvalue weighted by Gasteiger charge is -2.26. The van der Waals surface area contributed by atoms with E-state index in [2.05, 4.69) is 19.9 Å². The van der Waals surface area contributed by atoms with Gasteiger partial charge >= 0.3 is 6.61 Å². The smallest absolute Gasteiger partial charge is 0.387 e. The molecule has 4 heterocycles. The van der Waals surface area contributed by atoms with Gasteiger partial charge in [-0.15, -0.1) is 0 Å². The van der Waals surface area contributed by atoms with Gasteiger partial charge in [0.15, 0.2) is 0 Å². The molecule has 0 amide bonds. The maximum Gasteiger partial charge on any atom is 0.387 e. The van der Waals surface area contributed by atoms with Crippen LogP contribution < -0.4 is 9.64 Å². The molecule has 0 radical (unpaired) electrons. The highest BCUT2D eigenvalue weighted by molar-refractivity contribution is 5.65. The molecule has 9 nitrogen and oxygen atoms in total. The number of aromatic nitrogens is 4. The van der Waals surface area contributed by atoms with Crippen molar-refractivity contribution < 1.29 is 28.5 Å². The van der Waals surface area contributed by atoms with E-state index in [9.17, 15) is 19.0 Å². The number of pyridine rings is 1. The zero-order chi connectivity index (χ0) is 25.5. The van der Waals surface area contributed by atoms with Crippen molar-refractivity contribution in [2.24, 2.45) is 5.92 Å². The Balaban J connectivity index is 1.42. The van der Waals surface area contributed by atoms with Gasteiger partial charge in [-0.05, 0) is 18.2 Å². The Morgan fingerprint density at radius 2 is 1.81 bits per heavy atom. The third-order valence-electron chi connectivity index (χ3n) is 7.04. The molecule has 11 heteroatoms. The lowest BCUT2D eigenvalue weighted by Crippen LogP contribution is -2.37. The molecule has 1 aromatic carbocycles. The minimum atomic E-state index is -3.01. The van der Waals surface area contributed by atoms with Gasteiger partial charge in [-0.3, -0.25) is 0 Å². The molecule has 6 rings (SSSR count). The van der Waals surface area contributed by atoms with Gasteiger partial charge in [0.2, 0.25) is 5.95 Å². The average molecular weight is 510 g/mol. The van der Waals surface area contributed by atoms with E-state index in [1.807, 2.05) is 22.7 Å². The predicted molar refractivity (Wildman–Crippen MR) is 130 cm³/mol. The van der Waals surface area contributed by atoms with Gasteiger partial charge in [-0.25, -0.2) is 15.0 Å². The molecule has 37 heavy (non-hydrogen) atoms. The number of hydrogen-bond donors (Lipinski definition) is 2. The second kappa shape index (κ2) is 9.66. The predicted octanol–water partition coefficient (Wildman–Crippen LogP) is 3.02. The number of aliphatic hydroxyl groups is 2. The molecule has 1 saturated heterocycles. The number of alkyl halides is 2. The minimum absolute atomic E-state index is 0.000735. The normalized spacial score (nSPS) is 21.5. The second-order valence-electron chi connectivity index (χ2n) is 9.08. The molecule has 0 bridgehead atoms. The summed E-state index contributed by atoms with van der Waals surface area (Å²) in [6, 6.07) is 10.2. The molecule has 4 aromatic rings. The first-order valence-electron chi connectivity index (χ1n) is 12.0. The zero-order valence-corrected chi connectivity index (χ0v) is 19.7. The number of hydrogen-bond acceptors (Lipinski definition) is 8. The summed E-state index contributed by atoms with van der Waals surface area (Å²) in [5.41, 5.74) is 3.68. The van der Waals surface area contributed by atoms with Gasteiger partial charge in [0.25, 0.3) is 0 Å². The average Bonchev–Trinajstić information content (AvgIpc) is 3.43.